The van der Waals surface area contributed by atoms with Crippen molar-refractivity contribution in [3.63, 3.8) is 0 Å². The summed E-state index contributed by atoms with van der Waals surface area (Å²) in [4.78, 5) is 0.309. The first kappa shape index (κ1) is 12.5. The first-order chi connectivity index (χ1) is 5.24. The summed E-state index contributed by atoms with van der Waals surface area (Å²) in [6.07, 6.45) is 0. The average Bonchev–Trinajstić information content (AvgIpc) is 2.05. The van der Waals surface area contributed by atoms with Crippen LogP contribution >= 0.6 is 0 Å². The van der Waals surface area contributed by atoms with Gasteiger partial charge in [0.15, 0.2) is 11.1 Å². The van der Waals surface area contributed by atoms with Gasteiger partial charge in [0.05, 0.1) is 16.5 Å². The molecule has 0 radical (unpaired) electrons. The van der Waals surface area contributed by atoms with Crippen LogP contribution in [0, 0.1) is 11.3 Å². The fourth-order valence-electron chi connectivity index (χ4n) is 0.646. The van der Waals surface area contributed by atoms with Crippen LogP contribution in [0.5, 0.6) is 0 Å². The van der Waals surface area contributed by atoms with E-state index in [1.165, 1.54) is 24.3 Å². The Morgan fingerprint density at radius 3 is 2.17 bits per heavy atom. The third-order valence-corrected chi connectivity index (χ3v) is 1.86. The van der Waals surface area contributed by atoms with Crippen molar-refractivity contribution in [3.8, 4) is 6.07 Å². The van der Waals surface area contributed by atoms with Crippen molar-refractivity contribution in [3.05, 3.63) is 29.8 Å². The Bertz CT molecular complexity index is 317. The summed E-state index contributed by atoms with van der Waals surface area (Å²) in [5.74, 6) is 0. The van der Waals surface area contributed by atoms with Gasteiger partial charge in [-0.25, -0.2) is 4.21 Å². The van der Waals surface area contributed by atoms with Crippen LogP contribution in [-0.4, -0.2) is 60.1 Å². The molecule has 1 aromatic rings. The first-order valence-corrected chi connectivity index (χ1v) is 3.96. The van der Waals surface area contributed by atoms with Gasteiger partial charge in [0, 0.05) is 0 Å². The van der Waals surface area contributed by atoms with Crippen LogP contribution in [0.3, 0.4) is 0 Å². The van der Waals surface area contributed by atoms with Crippen LogP contribution in [0.4, 0.5) is 0 Å². The van der Waals surface area contributed by atoms with E-state index in [-0.39, 0.29) is 51.4 Å². The minimum absolute atomic E-state index is 0. The van der Waals surface area contributed by atoms with Crippen LogP contribution in [-0.2, 0) is 11.1 Å². The second-order valence-electron chi connectivity index (χ2n) is 1.89. The summed E-state index contributed by atoms with van der Waals surface area (Å²) >= 11 is -1.95. The van der Waals surface area contributed by atoms with Gasteiger partial charge >= 0.3 is 51.4 Å². The normalized spacial score (nSPS) is 11.0. The van der Waals surface area contributed by atoms with E-state index in [1.54, 1.807) is 0 Å². The van der Waals surface area contributed by atoms with Gasteiger partial charge in [0.25, 0.3) is 0 Å². The average molecular weight is 207 g/mol. The van der Waals surface area contributed by atoms with E-state index in [1.807, 2.05) is 6.07 Å². The van der Waals surface area contributed by atoms with Crippen molar-refractivity contribution >= 4 is 62.5 Å². The summed E-state index contributed by atoms with van der Waals surface area (Å²) < 4.78 is 19.0. The van der Waals surface area contributed by atoms with Gasteiger partial charge in [-0.2, -0.15) is 5.26 Å². The molecule has 58 valence electrons. The number of rotatable bonds is 1. The number of nitrogens with zero attached hydrogens (tertiary/aromatic N) is 1. The second-order valence-corrected chi connectivity index (χ2v) is 2.86. The zero-order valence-corrected chi connectivity index (χ0v) is 6.34. The van der Waals surface area contributed by atoms with E-state index in [9.17, 15) is 4.21 Å². The van der Waals surface area contributed by atoms with Crippen LogP contribution in [0.1, 0.15) is 5.56 Å². The summed E-state index contributed by atoms with van der Waals surface area (Å²) in [5.41, 5.74) is 0.485. The molecular weight excluding hydrogens is 201 g/mol. The fourth-order valence-corrected chi connectivity index (χ4v) is 1.01. The molecule has 1 aromatic carbocycles. The molecule has 0 saturated carbocycles. The summed E-state index contributed by atoms with van der Waals surface area (Å²) in [5, 5.41) is 8.38. The van der Waals surface area contributed by atoms with Gasteiger partial charge in [-0.3, -0.25) is 0 Å². The maximum absolute atomic E-state index is 10.4. The topological polar surface area (TPSA) is 61.1 Å². The summed E-state index contributed by atoms with van der Waals surface area (Å²) in [6, 6.07) is 7.83. The molecule has 0 heterocycles. The van der Waals surface area contributed by atoms with Crippen LogP contribution in [0.2, 0.25) is 0 Å². The Kier molecular flexibility index (Phi) is 6.22. The standard InChI is InChI=1S/C7H5NO2S.K.H/c8-5-6-1-3-7(4-2-6)11(9)10;;/h1-4H,(H,9,10);;. The molecule has 0 aromatic heterocycles. The van der Waals surface area contributed by atoms with Crippen LogP contribution < -0.4 is 0 Å². The number of benzene rings is 1. The Morgan fingerprint density at radius 2 is 1.83 bits per heavy atom. The van der Waals surface area contributed by atoms with E-state index >= 15 is 0 Å². The van der Waals surface area contributed by atoms with Crippen molar-refractivity contribution < 1.29 is 8.76 Å². The molecule has 0 aliphatic rings. The van der Waals surface area contributed by atoms with Gasteiger partial charge in [-0.15, -0.1) is 0 Å². The monoisotopic (exact) mass is 207 g/mol. The van der Waals surface area contributed by atoms with E-state index < -0.39 is 11.1 Å². The van der Waals surface area contributed by atoms with Gasteiger partial charge in [-0.05, 0) is 24.3 Å². The zero-order chi connectivity index (χ0) is 8.27. The minimum atomic E-state index is -1.95. The maximum atomic E-state index is 10.4. The van der Waals surface area contributed by atoms with Crippen molar-refractivity contribution in [1.82, 2.24) is 0 Å². The van der Waals surface area contributed by atoms with E-state index in [0.29, 0.717) is 10.5 Å². The molecule has 0 saturated heterocycles. The molecular formula is C7H6KNO2S. The van der Waals surface area contributed by atoms with Gasteiger partial charge < -0.3 is 4.55 Å². The number of nitriles is 1. The third-order valence-electron chi connectivity index (χ3n) is 1.19. The van der Waals surface area contributed by atoms with Crippen molar-refractivity contribution in [1.29, 1.82) is 5.26 Å². The Labute approximate surface area is 115 Å². The van der Waals surface area contributed by atoms with Crippen LogP contribution in [0.25, 0.3) is 0 Å². The molecule has 1 atom stereocenters. The summed E-state index contributed by atoms with van der Waals surface area (Å²) in [7, 11) is 0. The van der Waals surface area contributed by atoms with Crippen molar-refractivity contribution in [2.45, 2.75) is 4.90 Å². The first-order valence-electron chi connectivity index (χ1n) is 2.85. The number of hydrogen-bond donors (Lipinski definition) is 1. The third kappa shape index (κ3) is 3.45. The van der Waals surface area contributed by atoms with E-state index in [4.69, 9.17) is 9.81 Å². The van der Waals surface area contributed by atoms with E-state index in [0.717, 1.165) is 0 Å². The van der Waals surface area contributed by atoms with Gasteiger partial charge in [0.1, 0.15) is 0 Å². The van der Waals surface area contributed by atoms with Gasteiger partial charge in [0.2, 0.25) is 0 Å². The number of hydrogen-bond acceptors (Lipinski definition) is 2. The molecule has 0 aliphatic carbocycles. The van der Waals surface area contributed by atoms with E-state index in [2.05, 4.69) is 0 Å². The fraction of sp³-hybridized carbons (Fsp3) is 0. The summed E-state index contributed by atoms with van der Waals surface area (Å²) in [6.45, 7) is 0. The molecule has 0 amide bonds. The quantitative estimate of drug-likeness (QED) is 0.538. The van der Waals surface area contributed by atoms with Crippen LogP contribution in [0.15, 0.2) is 29.2 Å². The predicted octanol–water partition coefficient (Wildman–Crippen LogP) is 0.490. The molecule has 0 bridgehead atoms. The van der Waals surface area contributed by atoms with Crippen molar-refractivity contribution in [2.24, 2.45) is 0 Å². The Balaban J connectivity index is 0.00000121. The van der Waals surface area contributed by atoms with Gasteiger partial charge in [-0.1, -0.05) is 0 Å². The Hall–Kier alpha value is 0.456. The molecule has 3 nitrogen and oxygen atoms in total. The molecule has 1 N–H and O–H groups in total. The Morgan fingerprint density at radius 1 is 1.33 bits per heavy atom. The molecule has 0 aliphatic heterocycles. The zero-order valence-electron chi connectivity index (χ0n) is 5.52. The molecule has 5 heteroatoms. The predicted molar refractivity (Wildman–Crippen MR) is 47.3 cm³/mol. The molecule has 0 spiro atoms. The molecule has 1 unspecified atom stereocenters. The molecule has 1 rings (SSSR count). The molecule has 0 fully saturated rings. The van der Waals surface area contributed by atoms with Crippen molar-refractivity contribution in [2.75, 3.05) is 0 Å². The SMILES string of the molecule is N#Cc1ccc(S(=O)O)cc1.[KH]. The molecule has 12 heavy (non-hydrogen) atoms. The second kappa shape index (κ2) is 5.99.